The molecule has 0 aliphatic heterocycles. The van der Waals surface area contributed by atoms with E-state index in [-0.39, 0.29) is 5.92 Å². The van der Waals surface area contributed by atoms with E-state index in [2.05, 4.69) is 16.7 Å². The van der Waals surface area contributed by atoms with Crippen LogP contribution in [0.3, 0.4) is 0 Å². The Morgan fingerprint density at radius 2 is 1.63 bits per heavy atom. The van der Waals surface area contributed by atoms with Crippen molar-refractivity contribution in [1.29, 1.82) is 0 Å². The van der Waals surface area contributed by atoms with Crippen LogP contribution in [-0.2, 0) is 9.78 Å². The third kappa shape index (κ3) is 3.01. The van der Waals surface area contributed by atoms with E-state index in [4.69, 9.17) is 0 Å². The number of hydrogen-bond acceptors (Lipinski definition) is 3. The summed E-state index contributed by atoms with van der Waals surface area (Å²) in [5, 5.41) is 0. The molecule has 2 rings (SSSR count). The third-order valence-electron chi connectivity index (χ3n) is 3.11. The highest BCUT2D eigenvalue weighted by molar-refractivity contribution is 5.91. The van der Waals surface area contributed by atoms with Crippen molar-refractivity contribution >= 4 is 5.97 Å². The minimum atomic E-state index is -0.471. The Bertz CT molecular complexity index is 549. The Labute approximate surface area is 112 Å². The van der Waals surface area contributed by atoms with Gasteiger partial charge in [0.05, 0.1) is 12.7 Å². The molecule has 0 heterocycles. The molecule has 1 unspecified atom stereocenters. The van der Waals surface area contributed by atoms with Crippen molar-refractivity contribution in [3.63, 3.8) is 0 Å². The Balaban J connectivity index is 2.37. The molecule has 0 aromatic heterocycles. The van der Waals surface area contributed by atoms with Gasteiger partial charge in [0.25, 0.3) is 0 Å². The predicted octanol–water partition coefficient (Wildman–Crippen LogP) is 3.56. The molecule has 3 nitrogen and oxygen atoms in total. The highest BCUT2D eigenvalue weighted by atomic mass is 17.2. The van der Waals surface area contributed by atoms with Crippen LogP contribution >= 0.6 is 0 Å². The molecule has 0 radical (unpaired) electrons. The zero-order valence-electron chi connectivity index (χ0n) is 11.0. The van der Waals surface area contributed by atoms with E-state index in [1.165, 1.54) is 7.11 Å². The van der Waals surface area contributed by atoms with Gasteiger partial charge in [0.1, 0.15) is 0 Å². The molecule has 0 saturated carbocycles. The van der Waals surface area contributed by atoms with Gasteiger partial charge in [-0.25, -0.2) is 4.79 Å². The minimum Gasteiger partial charge on any atom is -0.293 e. The molecule has 0 aliphatic rings. The first kappa shape index (κ1) is 13.3. The topological polar surface area (TPSA) is 35.5 Å². The van der Waals surface area contributed by atoms with E-state index in [1.54, 1.807) is 6.07 Å². The maximum absolute atomic E-state index is 11.9. The van der Waals surface area contributed by atoms with Gasteiger partial charge in [-0.1, -0.05) is 55.5 Å². The first-order valence-electron chi connectivity index (χ1n) is 6.13. The summed E-state index contributed by atoms with van der Waals surface area (Å²) in [6.45, 7) is 2.06. The van der Waals surface area contributed by atoms with Crippen LogP contribution in [0.15, 0.2) is 54.6 Å². The maximum Gasteiger partial charge on any atom is 0.373 e. The van der Waals surface area contributed by atoms with E-state index in [0.717, 1.165) is 11.1 Å². The largest absolute Gasteiger partial charge is 0.373 e. The molecule has 3 heteroatoms. The number of hydrogen-bond donors (Lipinski definition) is 0. The first-order valence-corrected chi connectivity index (χ1v) is 6.13. The number of carbonyl (C=O) groups excluding carboxylic acids is 1. The van der Waals surface area contributed by atoms with E-state index in [0.29, 0.717) is 5.56 Å². The zero-order chi connectivity index (χ0) is 13.7. The van der Waals surface area contributed by atoms with E-state index >= 15 is 0 Å². The van der Waals surface area contributed by atoms with Gasteiger partial charge in [-0.2, -0.15) is 4.89 Å². The quantitative estimate of drug-likeness (QED) is 0.620. The Kier molecular flexibility index (Phi) is 4.31. The van der Waals surface area contributed by atoms with Crippen LogP contribution in [0.2, 0.25) is 0 Å². The van der Waals surface area contributed by atoms with Crippen molar-refractivity contribution in [2.24, 2.45) is 0 Å². The van der Waals surface area contributed by atoms with E-state index < -0.39 is 5.97 Å². The average Bonchev–Trinajstić information content (AvgIpc) is 2.47. The molecule has 0 fully saturated rings. The van der Waals surface area contributed by atoms with Gasteiger partial charge in [-0.05, 0) is 17.2 Å². The molecule has 2 aromatic carbocycles. The average molecular weight is 256 g/mol. The fourth-order valence-electron chi connectivity index (χ4n) is 2.10. The van der Waals surface area contributed by atoms with Crippen molar-refractivity contribution in [2.75, 3.05) is 7.11 Å². The molecule has 1 atom stereocenters. The second kappa shape index (κ2) is 6.16. The molecule has 0 spiro atoms. The van der Waals surface area contributed by atoms with Crippen molar-refractivity contribution in [1.82, 2.24) is 0 Å². The fourth-order valence-corrected chi connectivity index (χ4v) is 2.10. The summed E-state index contributed by atoms with van der Waals surface area (Å²) in [7, 11) is 1.32. The normalized spacial score (nSPS) is 11.9. The fraction of sp³-hybridized carbons (Fsp3) is 0.188. The molecule has 98 valence electrons. The Morgan fingerprint density at radius 1 is 1.00 bits per heavy atom. The summed E-state index contributed by atoms with van der Waals surface area (Å²) in [5.41, 5.74) is 2.61. The van der Waals surface area contributed by atoms with Gasteiger partial charge in [0, 0.05) is 5.92 Å². The van der Waals surface area contributed by atoms with Crippen molar-refractivity contribution in [3.8, 4) is 0 Å². The maximum atomic E-state index is 11.9. The standard InChI is InChI=1S/C16H16O3/c1-12(13-8-4-3-5-9-13)14-10-6-7-11-15(14)16(17)19-18-2/h3-12H,1-2H3. The summed E-state index contributed by atoms with van der Waals surface area (Å²) >= 11 is 0. The smallest absolute Gasteiger partial charge is 0.293 e. The van der Waals surface area contributed by atoms with Crippen LogP contribution in [0.25, 0.3) is 0 Å². The Hall–Kier alpha value is -2.13. The molecule has 0 bridgehead atoms. The van der Waals surface area contributed by atoms with Crippen LogP contribution in [-0.4, -0.2) is 13.1 Å². The number of benzene rings is 2. The van der Waals surface area contributed by atoms with Gasteiger partial charge in [0.15, 0.2) is 0 Å². The molecule has 0 amide bonds. The SMILES string of the molecule is COOC(=O)c1ccccc1C(C)c1ccccc1. The predicted molar refractivity (Wildman–Crippen MR) is 72.8 cm³/mol. The lowest BCUT2D eigenvalue weighted by Crippen LogP contribution is -2.10. The number of carbonyl (C=O) groups is 1. The van der Waals surface area contributed by atoms with Crippen molar-refractivity contribution in [2.45, 2.75) is 12.8 Å². The summed E-state index contributed by atoms with van der Waals surface area (Å²) < 4.78 is 0. The first-order chi connectivity index (χ1) is 9.24. The summed E-state index contributed by atoms with van der Waals surface area (Å²) in [4.78, 5) is 20.9. The summed E-state index contributed by atoms with van der Waals surface area (Å²) in [6.07, 6.45) is 0. The highest BCUT2D eigenvalue weighted by Gasteiger charge is 2.18. The summed E-state index contributed by atoms with van der Waals surface area (Å²) in [5.74, 6) is -0.359. The van der Waals surface area contributed by atoms with Crippen LogP contribution in [0.1, 0.15) is 34.3 Å². The molecular formula is C16H16O3. The van der Waals surface area contributed by atoms with Crippen molar-refractivity contribution in [3.05, 3.63) is 71.3 Å². The lowest BCUT2D eigenvalue weighted by molar-refractivity contribution is -0.216. The monoisotopic (exact) mass is 256 g/mol. The molecule has 0 saturated heterocycles. The van der Waals surface area contributed by atoms with Crippen molar-refractivity contribution < 1.29 is 14.6 Å². The minimum absolute atomic E-state index is 0.113. The highest BCUT2D eigenvalue weighted by Crippen LogP contribution is 2.27. The zero-order valence-corrected chi connectivity index (χ0v) is 11.0. The number of rotatable bonds is 4. The van der Waals surface area contributed by atoms with Crippen LogP contribution in [0, 0.1) is 0 Å². The third-order valence-corrected chi connectivity index (χ3v) is 3.11. The van der Waals surface area contributed by atoms with Gasteiger partial charge in [-0.15, -0.1) is 0 Å². The summed E-state index contributed by atoms with van der Waals surface area (Å²) in [6, 6.07) is 17.4. The van der Waals surface area contributed by atoms with Gasteiger partial charge >= 0.3 is 5.97 Å². The second-order valence-electron chi connectivity index (χ2n) is 4.26. The van der Waals surface area contributed by atoms with E-state index in [1.807, 2.05) is 48.5 Å². The lowest BCUT2D eigenvalue weighted by atomic mass is 9.90. The lowest BCUT2D eigenvalue weighted by Gasteiger charge is -2.15. The molecular weight excluding hydrogens is 240 g/mol. The molecule has 19 heavy (non-hydrogen) atoms. The van der Waals surface area contributed by atoms with Gasteiger partial charge in [0.2, 0.25) is 0 Å². The molecule has 2 aromatic rings. The second-order valence-corrected chi connectivity index (χ2v) is 4.26. The molecule has 0 aliphatic carbocycles. The van der Waals surface area contributed by atoms with Gasteiger partial charge < -0.3 is 0 Å². The van der Waals surface area contributed by atoms with Gasteiger partial charge in [-0.3, -0.25) is 4.89 Å². The Morgan fingerprint density at radius 3 is 2.32 bits per heavy atom. The van der Waals surface area contributed by atoms with E-state index in [9.17, 15) is 4.79 Å². The van der Waals surface area contributed by atoms with Crippen LogP contribution in [0.5, 0.6) is 0 Å². The van der Waals surface area contributed by atoms with Crippen LogP contribution < -0.4 is 0 Å². The van der Waals surface area contributed by atoms with Crippen LogP contribution in [0.4, 0.5) is 0 Å². The molecule has 0 N–H and O–H groups in total.